The average molecular weight is 1320 g/mol. The highest BCUT2D eigenvalue weighted by molar-refractivity contribution is 7.95. The Bertz CT molecular complexity index is 2490. The molecule has 0 aromatic heterocycles. The Morgan fingerprint density at radius 3 is 1.10 bits per heavy atom. The van der Waals surface area contributed by atoms with E-state index in [1.54, 1.807) is 18.7 Å². The number of amides is 1. The van der Waals surface area contributed by atoms with Crippen molar-refractivity contribution >= 4 is 63.9 Å². The molecule has 26 heteroatoms. The van der Waals surface area contributed by atoms with Crippen LogP contribution in [0.4, 0.5) is 0 Å². The Kier molecular flexibility index (Phi) is 40.0. The molecular weight excluding hydrogens is 1200 g/mol. The zero-order valence-electron chi connectivity index (χ0n) is 54.3. The molecule has 0 radical (unpaired) electrons. The van der Waals surface area contributed by atoms with E-state index in [0.29, 0.717) is 80.7 Å². The van der Waals surface area contributed by atoms with Gasteiger partial charge in [-0.3, -0.25) is 13.9 Å². The number of rotatable bonds is 43. The lowest BCUT2D eigenvalue weighted by Gasteiger charge is -2.48. The zero-order valence-corrected chi connectivity index (χ0v) is 57.5. The number of quaternary nitrogens is 4. The number of likely N-dealkylation sites (N-methyl/N-ethyl adjacent to an activating group) is 3. The predicted octanol–water partition coefficient (Wildman–Crippen LogP) is 5.78. The van der Waals surface area contributed by atoms with Gasteiger partial charge in [-0.2, -0.15) is 0 Å². The third-order valence-electron chi connectivity index (χ3n) is 17.4. The van der Waals surface area contributed by atoms with Crippen LogP contribution < -0.4 is 0 Å². The highest BCUT2D eigenvalue weighted by atomic mass is 32.2. The zero-order chi connectivity index (χ0) is 65.7. The number of unbranched alkanes of at least 4 members (excludes halogenated alkanes) is 16. The van der Waals surface area contributed by atoms with Gasteiger partial charge in [-0.15, -0.1) is 0 Å². The minimum Gasteiger partial charge on any atom is -0.778 e. The van der Waals surface area contributed by atoms with E-state index in [9.17, 15) is 62.1 Å². The Hall–Kier alpha value is -2.86. The average Bonchev–Trinajstić information content (AvgIpc) is 1.56. The lowest BCUT2D eigenvalue weighted by molar-refractivity contribution is -1.02. The van der Waals surface area contributed by atoms with Gasteiger partial charge in [0.25, 0.3) is 0 Å². The molecule has 510 valence electrons. The number of nitrogens with zero attached hydrogens (tertiary/aromatic N) is 6. The van der Waals surface area contributed by atoms with Crippen LogP contribution in [0.2, 0.25) is 0 Å². The van der Waals surface area contributed by atoms with Crippen molar-refractivity contribution in [3.05, 3.63) is 37.0 Å². The number of carbonyl (C=O) groups excluding carboxylic acids is 3. The first kappa shape index (κ1) is 82.2. The van der Waals surface area contributed by atoms with Gasteiger partial charge in [0.1, 0.15) is 26.2 Å². The Balaban J connectivity index is 0.000000692. The molecule has 0 aromatic carbocycles. The normalized spacial score (nSPS) is 20.4. The summed E-state index contributed by atoms with van der Waals surface area (Å²) in [5.74, 6) is 1.79. The minimum absolute atomic E-state index is 0.0663. The first-order valence-corrected chi connectivity index (χ1v) is 38.6. The molecule has 1 unspecified atom stereocenters. The van der Waals surface area contributed by atoms with Crippen molar-refractivity contribution in [3.63, 3.8) is 0 Å². The Morgan fingerprint density at radius 2 is 0.747 bits per heavy atom. The second-order valence-corrected chi connectivity index (χ2v) is 32.3. The predicted molar refractivity (Wildman–Crippen MR) is 343 cm³/mol. The molecular formula is C61H116N6O16S4. The van der Waals surface area contributed by atoms with E-state index in [0.717, 1.165) is 150 Å². The summed E-state index contributed by atoms with van der Waals surface area (Å²) in [5.41, 5.74) is 0.899. The molecule has 3 fully saturated rings. The van der Waals surface area contributed by atoms with Gasteiger partial charge in [-0.1, -0.05) is 119 Å². The minimum atomic E-state index is -4.21. The van der Waals surface area contributed by atoms with Gasteiger partial charge >= 0.3 is 11.9 Å². The highest BCUT2D eigenvalue weighted by Crippen LogP contribution is 2.23. The van der Waals surface area contributed by atoms with Gasteiger partial charge in [0.15, 0.2) is 0 Å². The molecule has 3 saturated heterocycles. The van der Waals surface area contributed by atoms with Crippen LogP contribution in [0.1, 0.15) is 155 Å². The van der Waals surface area contributed by atoms with E-state index in [4.69, 9.17) is 9.47 Å². The fourth-order valence-electron chi connectivity index (χ4n) is 11.4. The maximum Gasteiger partial charge on any atom is 0.333 e. The lowest BCUT2D eigenvalue weighted by atomic mass is 10.1. The van der Waals surface area contributed by atoms with Crippen LogP contribution in [0.3, 0.4) is 0 Å². The summed E-state index contributed by atoms with van der Waals surface area (Å²) in [7, 11) is -9.26. The molecule has 0 spiro atoms. The standard InChI is InChI=1S/C27H52N2O7S2.C23H44N2O5S.C11H20N2O4S/c1-26(2)27(30)36-23-13-11-9-7-5-6-8-10-12-17-29(18-15-25-38(33,34)35)21-19-28(3,20-22-29)16-14-24-37(4,31)32;1-22(2)23(26)30-20-12-10-8-6-4-5-7-9-11-14-24-15-18-25(3,19-16-24)17-13-21-31(27,28)29;1-3-11(14)12-5-8-13(2,9-6-12)7-4-10-18(15,16)17/h1,4-25H2,2-3H3;1,4-21H2,2-3H3;3H,1,4-10H2,2H3. The van der Waals surface area contributed by atoms with E-state index >= 15 is 0 Å². The van der Waals surface area contributed by atoms with E-state index < -0.39 is 40.2 Å². The summed E-state index contributed by atoms with van der Waals surface area (Å²) in [4.78, 5) is 38.2. The Labute approximate surface area is 527 Å². The maximum atomic E-state index is 11.4. The summed E-state index contributed by atoms with van der Waals surface area (Å²) in [5, 5.41) is 0. The van der Waals surface area contributed by atoms with Crippen LogP contribution in [0.5, 0.6) is 0 Å². The summed E-state index contributed by atoms with van der Waals surface area (Å²) in [6.07, 6.45) is 24.1. The van der Waals surface area contributed by atoms with Crippen LogP contribution in [0, 0.1) is 0 Å². The van der Waals surface area contributed by atoms with Gasteiger partial charge in [-0.25, -0.2) is 34.8 Å². The third-order valence-corrected chi connectivity index (χ3v) is 20.6. The molecule has 3 aliphatic rings. The van der Waals surface area contributed by atoms with Crippen LogP contribution in [0.25, 0.3) is 0 Å². The second kappa shape index (κ2) is 42.3. The molecule has 3 aliphatic heterocycles. The second-order valence-electron chi connectivity index (χ2n) is 25.8. The molecule has 3 heterocycles. The highest BCUT2D eigenvalue weighted by Gasteiger charge is 2.39. The molecule has 0 bridgehead atoms. The van der Waals surface area contributed by atoms with Crippen molar-refractivity contribution in [1.29, 1.82) is 0 Å². The molecule has 1 atom stereocenters. The Morgan fingerprint density at radius 1 is 0.437 bits per heavy atom. The number of piperazine rings is 3. The molecule has 87 heavy (non-hydrogen) atoms. The van der Waals surface area contributed by atoms with Crippen LogP contribution >= 0.6 is 0 Å². The van der Waals surface area contributed by atoms with E-state index in [1.165, 1.54) is 76.7 Å². The smallest absolute Gasteiger partial charge is 0.333 e. The molecule has 0 aromatic rings. The van der Waals surface area contributed by atoms with Gasteiger partial charge in [0.2, 0.25) is 5.91 Å². The van der Waals surface area contributed by atoms with Gasteiger partial charge in [0.05, 0.1) is 137 Å². The molecule has 0 N–H and O–H groups in total. The van der Waals surface area contributed by atoms with Gasteiger partial charge in [-0.05, 0) is 58.6 Å². The quantitative estimate of drug-likeness (QED) is 0.0175. The van der Waals surface area contributed by atoms with Crippen molar-refractivity contribution in [2.24, 2.45) is 0 Å². The number of carbonyl (C=O) groups is 3. The van der Waals surface area contributed by atoms with E-state index in [2.05, 4.69) is 44.6 Å². The van der Waals surface area contributed by atoms with Crippen LogP contribution in [-0.2, 0) is 64.0 Å². The van der Waals surface area contributed by atoms with Gasteiger partial charge < -0.3 is 50.5 Å². The molecule has 1 amide bonds. The topological polar surface area (TPSA) is 288 Å². The van der Waals surface area contributed by atoms with Crippen molar-refractivity contribution in [1.82, 2.24) is 9.80 Å². The van der Waals surface area contributed by atoms with E-state index in [1.807, 2.05) is 7.05 Å². The summed E-state index contributed by atoms with van der Waals surface area (Å²) in [6.45, 7) is 30.7. The van der Waals surface area contributed by atoms with Crippen LogP contribution in [0.15, 0.2) is 37.0 Å². The fourth-order valence-corrected chi connectivity index (χ4v) is 13.4. The molecule has 22 nitrogen and oxygen atoms in total. The maximum absolute atomic E-state index is 11.4. The summed E-state index contributed by atoms with van der Waals surface area (Å²) in [6, 6.07) is 0. The van der Waals surface area contributed by atoms with Crippen molar-refractivity contribution in [2.45, 2.75) is 155 Å². The van der Waals surface area contributed by atoms with Gasteiger partial charge in [0, 0.05) is 72.9 Å². The lowest BCUT2D eigenvalue weighted by Crippen LogP contribution is -2.66. The number of ether oxygens (including phenoxy) is 2. The number of hydrogen-bond acceptors (Lipinski definition) is 17. The largest absolute Gasteiger partial charge is 0.778 e. The fraction of sp³-hybridized carbons (Fsp3) is 0.836. The van der Waals surface area contributed by atoms with Crippen molar-refractivity contribution < 1.29 is 89.5 Å². The first-order chi connectivity index (χ1) is 40.5. The molecule has 0 saturated carbocycles. The third kappa shape index (κ3) is 43.5. The monoisotopic (exact) mass is 1320 g/mol. The SMILES string of the molecule is C=C(C)C(=O)OCCCCCCCCCCCN1CC[N+](C)(CCCS(=O)(=O)[O-])CC1.C=C(C)C(=O)OCCCCCCCCCCC[N+]1(CCCS(=O)(=O)[O-])CC[N+](C)(CCCS(=C)(=O)[O-])CC1.C=CC(=O)N1CC[N+](C)(CCCS(=O)(=O)[O-])CC1. The van der Waals surface area contributed by atoms with Crippen molar-refractivity contribution in [3.8, 4) is 0 Å². The van der Waals surface area contributed by atoms with Crippen molar-refractivity contribution in [2.75, 3.05) is 175 Å². The van der Waals surface area contributed by atoms with Crippen LogP contribution in [-0.4, -0.2) is 274 Å². The number of esters is 2. The van der Waals surface area contributed by atoms with E-state index in [-0.39, 0.29) is 40.9 Å². The summed E-state index contributed by atoms with van der Waals surface area (Å²) >= 11 is 0. The molecule has 3 rings (SSSR count). The number of hydrogen-bond donors (Lipinski definition) is 0. The first-order valence-electron chi connectivity index (χ1n) is 32.0. The molecule has 0 aliphatic carbocycles. The summed E-state index contributed by atoms with van der Waals surface area (Å²) < 4.78 is 134.